The molecule has 0 spiro atoms. The molecule has 1 unspecified atom stereocenters. The van der Waals surface area contributed by atoms with E-state index in [2.05, 4.69) is 13.5 Å². The Bertz CT molecular complexity index is 183. The lowest BCUT2D eigenvalue weighted by Crippen LogP contribution is -2.25. The third-order valence-corrected chi connectivity index (χ3v) is 2.81. The van der Waals surface area contributed by atoms with E-state index in [1.54, 1.807) is 0 Å². The van der Waals surface area contributed by atoms with Crippen LogP contribution in [0.4, 0.5) is 0 Å². The van der Waals surface area contributed by atoms with Gasteiger partial charge in [-0.3, -0.25) is 4.79 Å². The minimum Gasteiger partial charge on any atom is -0.300 e. The van der Waals surface area contributed by atoms with E-state index in [-0.39, 0.29) is 5.41 Å². The molecule has 0 bridgehead atoms. The Kier molecular flexibility index (Phi) is 3.07. The van der Waals surface area contributed by atoms with Gasteiger partial charge >= 0.3 is 0 Å². The first kappa shape index (κ1) is 9.50. The van der Waals surface area contributed by atoms with Crippen LogP contribution in [0.2, 0.25) is 0 Å². The second-order valence-electron chi connectivity index (χ2n) is 4.21. The van der Waals surface area contributed by atoms with Crippen LogP contribution in [-0.4, -0.2) is 5.78 Å². The maximum atomic E-state index is 11.2. The summed E-state index contributed by atoms with van der Waals surface area (Å²) in [6.07, 6.45) is 8.03. The zero-order valence-electron chi connectivity index (χ0n) is 7.94. The highest BCUT2D eigenvalue weighted by Crippen LogP contribution is 2.37. The van der Waals surface area contributed by atoms with Crippen LogP contribution >= 0.6 is 0 Å². The fourth-order valence-corrected chi connectivity index (χ4v) is 2.03. The van der Waals surface area contributed by atoms with Crippen LogP contribution in [0.25, 0.3) is 0 Å². The van der Waals surface area contributed by atoms with Gasteiger partial charge in [-0.05, 0) is 31.1 Å². The first-order valence-electron chi connectivity index (χ1n) is 4.79. The zero-order valence-corrected chi connectivity index (χ0v) is 7.94. The number of hydrogen-bond acceptors (Lipinski definition) is 1. The van der Waals surface area contributed by atoms with Gasteiger partial charge in [0.25, 0.3) is 0 Å². The van der Waals surface area contributed by atoms with Crippen molar-refractivity contribution in [1.29, 1.82) is 0 Å². The number of allylic oxidation sites excluding steroid dienone is 1. The Morgan fingerprint density at radius 1 is 1.67 bits per heavy atom. The molecular formula is C11H18O. The van der Waals surface area contributed by atoms with Crippen LogP contribution in [0, 0.1) is 5.41 Å². The molecule has 0 N–H and O–H groups in total. The number of ketones is 1. The van der Waals surface area contributed by atoms with Gasteiger partial charge in [-0.2, -0.15) is 0 Å². The molecule has 1 fully saturated rings. The molecule has 0 heterocycles. The third kappa shape index (κ3) is 2.47. The van der Waals surface area contributed by atoms with Crippen LogP contribution in [0.15, 0.2) is 12.7 Å². The van der Waals surface area contributed by atoms with E-state index < -0.39 is 0 Å². The molecule has 0 aliphatic heterocycles. The highest BCUT2D eigenvalue weighted by atomic mass is 16.1. The van der Waals surface area contributed by atoms with E-state index in [4.69, 9.17) is 0 Å². The largest absolute Gasteiger partial charge is 0.300 e. The number of carbonyl (C=O) groups is 1. The molecule has 0 radical (unpaired) electrons. The molecule has 0 aromatic rings. The second kappa shape index (κ2) is 3.88. The van der Waals surface area contributed by atoms with Gasteiger partial charge in [-0.25, -0.2) is 0 Å². The maximum absolute atomic E-state index is 11.2. The minimum atomic E-state index is 0.281. The Morgan fingerprint density at radius 2 is 2.42 bits per heavy atom. The lowest BCUT2D eigenvalue weighted by molar-refractivity contribution is -0.123. The van der Waals surface area contributed by atoms with E-state index >= 15 is 0 Å². The van der Waals surface area contributed by atoms with Crippen molar-refractivity contribution in [2.75, 3.05) is 0 Å². The molecule has 1 atom stereocenters. The zero-order chi connectivity index (χ0) is 9.03. The summed E-state index contributed by atoms with van der Waals surface area (Å²) in [4.78, 5) is 11.2. The van der Waals surface area contributed by atoms with Crippen molar-refractivity contribution in [3.05, 3.63) is 12.7 Å². The van der Waals surface area contributed by atoms with Crippen LogP contribution < -0.4 is 0 Å². The summed E-state index contributed by atoms with van der Waals surface area (Å²) >= 11 is 0. The molecule has 0 aromatic carbocycles. The van der Waals surface area contributed by atoms with E-state index in [1.165, 1.54) is 6.42 Å². The molecule has 1 rings (SSSR count). The Hall–Kier alpha value is -0.590. The Balaban J connectivity index is 2.45. The van der Waals surface area contributed by atoms with Crippen LogP contribution in [0.1, 0.15) is 45.4 Å². The maximum Gasteiger partial charge on any atom is 0.133 e. The average molecular weight is 166 g/mol. The molecule has 68 valence electrons. The molecule has 1 heteroatoms. The standard InChI is InChI=1S/C11H18O/c1-3-4-7-11(2)8-5-6-10(12)9-11/h3H,1,4-9H2,2H3. The van der Waals surface area contributed by atoms with Gasteiger partial charge in [-0.15, -0.1) is 6.58 Å². The summed E-state index contributed by atoms with van der Waals surface area (Å²) in [7, 11) is 0. The van der Waals surface area contributed by atoms with Crippen molar-refractivity contribution in [2.24, 2.45) is 5.41 Å². The van der Waals surface area contributed by atoms with Gasteiger partial charge in [0.05, 0.1) is 0 Å². The lowest BCUT2D eigenvalue weighted by Gasteiger charge is -2.32. The monoisotopic (exact) mass is 166 g/mol. The van der Waals surface area contributed by atoms with Crippen molar-refractivity contribution < 1.29 is 4.79 Å². The first-order valence-corrected chi connectivity index (χ1v) is 4.79. The van der Waals surface area contributed by atoms with E-state index in [1.807, 2.05) is 6.08 Å². The molecular weight excluding hydrogens is 148 g/mol. The van der Waals surface area contributed by atoms with Crippen molar-refractivity contribution in [3.8, 4) is 0 Å². The lowest BCUT2D eigenvalue weighted by atomic mass is 9.72. The van der Waals surface area contributed by atoms with Gasteiger partial charge in [0.1, 0.15) is 5.78 Å². The van der Waals surface area contributed by atoms with Gasteiger partial charge in [0, 0.05) is 12.8 Å². The van der Waals surface area contributed by atoms with Gasteiger partial charge in [0.2, 0.25) is 0 Å². The predicted molar refractivity (Wildman–Crippen MR) is 51.0 cm³/mol. The number of hydrogen-bond donors (Lipinski definition) is 0. The smallest absolute Gasteiger partial charge is 0.133 e. The number of carbonyl (C=O) groups excluding carboxylic acids is 1. The number of Topliss-reactive ketones (excluding diaryl/α,β-unsaturated/α-hetero) is 1. The van der Waals surface area contributed by atoms with Gasteiger partial charge in [0.15, 0.2) is 0 Å². The van der Waals surface area contributed by atoms with E-state index in [0.29, 0.717) is 5.78 Å². The third-order valence-electron chi connectivity index (χ3n) is 2.81. The molecule has 1 saturated carbocycles. The van der Waals surface area contributed by atoms with Crippen molar-refractivity contribution in [3.63, 3.8) is 0 Å². The van der Waals surface area contributed by atoms with Crippen LogP contribution in [-0.2, 0) is 4.79 Å². The molecule has 0 saturated heterocycles. The minimum absolute atomic E-state index is 0.281. The predicted octanol–water partition coefficient (Wildman–Crippen LogP) is 3.10. The van der Waals surface area contributed by atoms with Crippen molar-refractivity contribution in [1.82, 2.24) is 0 Å². The Morgan fingerprint density at radius 3 is 3.00 bits per heavy atom. The normalized spacial score (nSPS) is 30.2. The summed E-state index contributed by atoms with van der Waals surface area (Å²) in [6, 6.07) is 0. The molecule has 0 aromatic heterocycles. The summed E-state index contributed by atoms with van der Waals surface area (Å²) in [6.45, 7) is 5.94. The first-order chi connectivity index (χ1) is 5.66. The molecule has 1 aliphatic rings. The second-order valence-corrected chi connectivity index (χ2v) is 4.21. The molecule has 1 aliphatic carbocycles. The molecule has 1 nitrogen and oxygen atoms in total. The molecule has 0 amide bonds. The number of rotatable bonds is 3. The Labute approximate surface area is 74.9 Å². The van der Waals surface area contributed by atoms with Gasteiger partial charge in [-0.1, -0.05) is 13.0 Å². The fourth-order valence-electron chi connectivity index (χ4n) is 2.03. The highest BCUT2D eigenvalue weighted by molar-refractivity contribution is 5.79. The van der Waals surface area contributed by atoms with Crippen LogP contribution in [0.3, 0.4) is 0 Å². The van der Waals surface area contributed by atoms with Crippen molar-refractivity contribution >= 4 is 5.78 Å². The quantitative estimate of drug-likeness (QED) is 0.589. The average Bonchev–Trinajstić information content (AvgIpc) is 2.01. The summed E-state index contributed by atoms with van der Waals surface area (Å²) in [5, 5.41) is 0. The van der Waals surface area contributed by atoms with Gasteiger partial charge < -0.3 is 0 Å². The summed E-state index contributed by atoms with van der Waals surface area (Å²) in [5.74, 6) is 0.452. The van der Waals surface area contributed by atoms with Crippen LogP contribution in [0.5, 0.6) is 0 Å². The summed E-state index contributed by atoms with van der Waals surface area (Å²) in [5.41, 5.74) is 0.281. The molecule has 12 heavy (non-hydrogen) atoms. The topological polar surface area (TPSA) is 17.1 Å². The SMILES string of the molecule is C=CCCC1(C)CCCC(=O)C1. The summed E-state index contributed by atoms with van der Waals surface area (Å²) < 4.78 is 0. The van der Waals surface area contributed by atoms with E-state index in [9.17, 15) is 4.79 Å². The van der Waals surface area contributed by atoms with E-state index in [0.717, 1.165) is 32.1 Å². The highest BCUT2D eigenvalue weighted by Gasteiger charge is 2.29. The fraction of sp³-hybridized carbons (Fsp3) is 0.727. The van der Waals surface area contributed by atoms with Crippen molar-refractivity contribution in [2.45, 2.75) is 45.4 Å².